The van der Waals surface area contributed by atoms with Crippen molar-refractivity contribution in [1.29, 1.82) is 0 Å². The lowest BCUT2D eigenvalue weighted by Gasteiger charge is -2.28. The second-order valence-electron chi connectivity index (χ2n) is 8.67. The molecule has 37 heavy (non-hydrogen) atoms. The van der Waals surface area contributed by atoms with E-state index in [1.54, 1.807) is 91.0 Å². The summed E-state index contributed by atoms with van der Waals surface area (Å²) in [7, 11) is -4.07. The van der Waals surface area contributed by atoms with Gasteiger partial charge in [-0.1, -0.05) is 91.0 Å². The van der Waals surface area contributed by atoms with Crippen molar-refractivity contribution in [2.24, 2.45) is 0 Å². The molecule has 0 bridgehead atoms. The van der Waals surface area contributed by atoms with Gasteiger partial charge in [0.15, 0.2) is 0 Å². The van der Waals surface area contributed by atoms with Crippen LogP contribution in [-0.2, 0) is 20.6 Å². The van der Waals surface area contributed by atoms with Crippen molar-refractivity contribution in [3.63, 3.8) is 0 Å². The molecule has 1 amide bonds. The first-order valence-corrected chi connectivity index (χ1v) is 13.4. The Labute approximate surface area is 214 Å². The van der Waals surface area contributed by atoms with Crippen molar-refractivity contribution >= 4 is 15.9 Å². The van der Waals surface area contributed by atoms with Crippen LogP contribution in [0.25, 0.3) is 0 Å². The van der Waals surface area contributed by atoms with Crippen LogP contribution < -0.4 is 10.0 Å². The monoisotopic (exact) mass is 534 g/mol. The van der Waals surface area contributed by atoms with Crippen LogP contribution in [-0.4, -0.2) is 31.6 Å². The summed E-state index contributed by atoms with van der Waals surface area (Å²) in [6.45, 7) is 0. The molecule has 0 aliphatic rings. The van der Waals surface area contributed by atoms with Gasteiger partial charge in [0.2, 0.25) is 15.9 Å². The maximum Gasteiger partial charge on any atom is 0.389 e. The van der Waals surface area contributed by atoms with E-state index in [0.717, 1.165) is 0 Å². The number of carbonyl (C=O) groups is 1. The van der Waals surface area contributed by atoms with Crippen LogP contribution in [0.3, 0.4) is 0 Å². The van der Waals surface area contributed by atoms with E-state index < -0.39 is 58.9 Å². The Morgan fingerprint density at radius 2 is 1.35 bits per heavy atom. The van der Waals surface area contributed by atoms with Gasteiger partial charge in [0.25, 0.3) is 0 Å². The van der Waals surface area contributed by atoms with E-state index in [1.165, 1.54) is 0 Å². The van der Waals surface area contributed by atoms with E-state index in [0.29, 0.717) is 16.7 Å². The Morgan fingerprint density at radius 1 is 0.838 bits per heavy atom. The molecule has 0 spiro atoms. The van der Waals surface area contributed by atoms with Crippen LogP contribution in [0.2, 0.25) is 0 Å². The lowest BCUT2D eigenvalue weighted by atomic mass is 9.95. The summed E-state index contributed by atoms with van der Waals surface area (Å²) in [5.74, 6) is -1.27. The highest BCUT2D eigenvalue weighted by molar-refractivity contribution is 7.88. The van der Waals surface area contributed by atoms with Gasteiger partial charge in [-0.05, 0) is 29.5 Å². The van der Waals surface area contributed by atoms with Crippen molar-refractivity contribution < 1.29 is 31.5 Å². The van der Waals surface area contributed by atoms with Crippen LogP contribution in [0.15, 0.2) is 91.0 Å². The Hall–Kier alpha value is -3.21. The van der Waals surface area contributed by atoms with E-state index in [9.17, 15) is 31.5 Å². The molecule has 0 radical (unpaired) electrons. The fourth-order valence-corrected chi connectivity index (χ4v) is 5.28. The number of nitrogens with one attached hydrogen (secondary N) is 2. The second-order valence-corrected chi connectivity index (χ2v) is 10.4. The molecule has 198 valence electrons. The van der Waals surface area contributed by atoms with Gasteiger partial charge in [0.05, 0.1) is 11.8 Å². The van der Waals surface area contributed by atoms with Crippen LogP contribution in [0.5, 0.6) is 0 Å². The van der Waals surface area contributed by atoms with Gasteiger partial charge >= 0.3 is 6.18 Å². The molecule has 3 aromatic carbocycles. The molecule has 0 aliphatic heterocycles. The maximum atomic E-state index is 13.3. The van der Waals surface area contributed by atoms with Crippen molar-refractivity contribution in [3.8, 4) is 0 Å². The van der Waals surface area contributed by atoms with E-state index in [4.69, 9.17) is 0 Å². The molecule has 0 saturated heterocycles. The van der Waals surface area contributed by atoms with E-state index in [1.807, 2.05) is 0 Å². The average Bonchev–Trinajstić information content (AvgIpc) is 2.86. The third-order valence-electron chi connectivity index (χ3n) is 5.70. The van der Waals surface area contributed by atoms with Crippen molar-refractivity contribution in [2.75, 3.05) is 0 Å². The molecular formula is C27H29F3N2O4S. The third-order valence-corrected chi connectivity index (χ3v) is 7.06. The summed E-state index contributed by atoms with van der Waals surface area (Å²) in [6, 6.07) is 22.9. The van der Waals surface area contributed by atoms with Crippen molar-refractivity contribution in [3.05, 3.63) is 108 Å². The Morgan fingerprint density at radius 3 is 1.89 bits per heavy atom. The number of rotatable bonds is 12. The largest absolute Gasteiger partial charge is 0.389 e. The highest BCUT2D eigenvalue weighted by Gasteiger charge is 2.32. The topological polar surface area (TPSA) is 95.5 Å². The fourth-order valence-electron chi connectivity index (χ4n) is 3.90. The fraction of sp³-hybridized carbons (Fsp3) is 0.296. The van der Waals surface area contributed by atoms with Gasteiger partial charge in [0, 0.05) is 6.42 Å². The zero-order chi connectivity index (χ0) is 26.9. The number of carbonyl (C=O) groups excluding carboxylic acids is 1. The highest BCUT2D eigenvalue weighted by atomic mass is 32.2. The zero-order valence-corrected chi connectivity index (χ0v) is 20.8. The normalized spacial score (nSPS) is 14.5. The number of halogens is 3. The number of aliphatic hydroxyl groups is 1. The predicted molar refractivity (Wildman–Crippen MR) is 135 cm³/mol. The highest BCUT2D eigenvalue weighted by Crippen LogP contribution is 2.29. The number of amides is 1. The summed E-state index contributed by atoms with van der Waals surface area (Å²) in [5.41, 5.74) is 1.52. The first-order valence-electron chi connectivity index (χ1n) is 11.7. The molecule has 3 atom stereocenters. The molecule has 10 heteroatoms. The molecule has 0 aliphatic carbocycles. The number of aliphatic hydroxyl groups excluding tert-OH is 1. The Bertz CT molecular complexity index is 1220. The van der Waals surface area contributed by atoms with Crippen molar-refractivity contribution in [2.45, 2.75) is 49.4 Å². The first kappa shape index (κ1) is 28.4. The van der Waals surface area contributed by atoms with Gasteiger partial charge in [-0.25, -0.2) is 13.1 Å². The maximum absolute atomic E-state index is 13.3. The number of sulfonamides is 1. The van der Waals surface area contributed by atoms with E-state index in [2.05, 4.69) is 10.0 Å². The summed E-state index contributed by atoms with van der Waals surface area (Å²) in [6.07, 6.45) is -7.62. The number of benzene rings is 3. The molecule has 0 saturated carbocycles. The number of alkyl halides is 3. The molecule has 3 aromatic rings. The average molecular weight is 535 g/mol. The molecular weight excluding hydrogens is 505 g/mol. The summed E-state index contributed by atoms with van der Waals surface area (Å²) in [5, 5.41) is 13.7. The van der Waals surface area contributed by atoms with Gasteiger partial charge in [-0.15, -0.1) is 0 Å². The summed E-state index contributed by atoms with van der Waals surface area (Å²) in [4.78, 5) is 13.3. The zero-order valence-electron chi connectivity index (χ0n) is 19.9. The minimum atomic E-state index is -4.44. The molecule has 1 unspecified atom stereocenters. The standard InChI is InChI=1S/C27H29F3N2O4S/c28-27(29,30)18-10-17-23(32-37(35,36)19-20-11-4-1-5-12-20)26(34)31-24(21-13-6-2-7-14-21)25(33)22-15-8-3-9-16-22/h1-9,11-16,23-25,32-33H,10,17-19H2,(H,31,34)/t23?,24-,25+/m0/s1. The molecule has 0 heterocycles. The number of hydrogen-bond acceptors (Lipinski definition) is 4. The summed E-state index contributed by atoms with van der Waals surface area (Å²) >= 11 is 0. The molecule has 0 aromatic heterocycles. The third kappa shape index (κ3) is 9.31. The minimum absolute atomic E-state index is 0.373. The molecule has 3 rings (SSSR count). The SMILES string of the molecule is O=C(N[C@@H](c1ccccc1)[C@H](O)c1ccccc1)C(CCCC(F)(F)F)NS(=O)(=O)Cc1ccccc1. The van der Waals surface area contributed by atoms with Gasteiger partial charge in [-0.3, -0.25) is 4.79 Å². The van der Waals surface area contributed by atoms with Crippen LogP contribution in [0.1, 0.15) is 48.1 Å². The minimum Gasteiger partial charge on any atom is -0.386 e. The predicted octanol–water partition coefficient (Wildman–Crippen LogP) is 4.80. The van der Waals surface area contributed by atoms with Gasteiger partial charge < -0.3 is 10.4 Å². The van der Waals surface area contributed by atoms with Crippen LogP contribution >= 0.6 is 0 Å². The van der Waals surface area contributed by atoms with E-state index in [-0.39, 0.29) is 6.42 Å². The molecule has 0 fully saturated rings. The van der Waals surface area contributed by atoms with E-state index >= 15 is 0 Å². The number of hydrogen-bond donors (Lipinski definition) is 3. The van der Waals surface area contributed by atoms with Crippen molar-refractivity contribution in [1.82, 2.24) is 10.0 Å². The first-order chi connectivity index (χ1) is 17.5. The smallest absolute Gasteiger partial charge is 0.386 e. The molecule has 3 N–H and O–H groups in total. The quantitative estimate of drug-likeness (QED) is 0.311. The Kier molecular flexibility index (Phi) is 9.85. The Balaban J connectivity index is 1.84. The van der Waals surface area contributed by atoms with Crippen LogP contribution in [0.4, 0.5) is 13.2 Å². The van der Waals surface area contributed by atoms with Gasteiger partial charge in [0.1, 0.15) is 12.1 Å². The van der Waals surface area contributed by atoms with Gasteiger partial charge in [-0.2, -0.15) is 13.2 Å². The second kappa shape index (κ2) is 12.8. The lowest BCUT2D eigenvalue weighted by Crippen LogP contribution is -2.48. The van der Waals surface area contributed by atoms with Crippen LogP contribution in [0, 0.1) is 0 Å². The lowest BCUT2D eigenvalue weighted by molar-refractivity contribution is -0.137. The molecule has 6 nitrogen and oxygen atoms in total. The summed E-state index contributed by atoms with van der Waals surface area (Å²) < 4.78 is 66.3.